The number of hydrogen-bond donors (Lipinski definition) is 1. The molecule has 2 aromatic rings. The molecule has 1 aromatic carbocycles. The fraction of sp³-hybridized carbons (Fsp3) is 0.300. The molecular formula is C10H12N2O2S2. The minimum absolute atomic E-state index is 0.100. The first-order valence-corrected chi connectivity index (χ1v) is 7.29. The number of nitrogens with one attached hydrogen (secondary N) is 1. The van der Waals surface area contributed by atoms with Gasteiger partial charge in [-0.25, -0.2) is 8.42 Å². The van der Waals surface area contributed by atoms with Gasteiger partial charge in [0, 0.05) is 12.8 Å². The second kappa shape index (κ2) is 4.03. The molecule has 0 amide bonds. The van der Waals surface area contributed by atoms with Gasteiger partial charge >= 0.3 is 0 Å². The normalized spacial score (nSPS) is 12.1. The van der Waals surface area contributed by atoms with E-state index in [4.69, 9.17) is 12.2 Å². The molecule has 0 aliphatic rings. The van der Waals surface area contributed by atoms with E-state index >= 15 is 0 Å². The smallest absolute Gasteiger partial charge is 0.178 e. The highest BCUT2D eigenvalue weighted by Gasteiger charge is 2.07. The van der Waals surface area contributed by atoms with Crippen LogP contribution in [0.3, 0.4) is 0 Å². The van der Waals surface area contributed by atoms with E-state index < -0.39 is 9.84 Å². The Bertz CT molecular complexity index is 667. The van der Waals surface area contributed by atoms with Crippen LogP contribution in [0, 0.1) is 4.77 Å². The summed E-state index contributed by atoms with van der Waals surface area (Å²) in [4.78, 5) is 3.05. The summed E-state index contributed by atoms with van der Waals surface area (Å²) in [6, 6.07) is 7.66. The van der Waals surface area contributed by atoms with Gasteiger partial charge in [0.25, 0.3) is 0 Å². The fourth-order valence-corrected chi connectivity index (χ4v) is 2.40. The van der Waals surface area contributed by atoms with E-state index in [9.17, 15) is 8.42 Å². The van der Waals surface area contributed by atoms with Crippen molar-refractivity contribution in [3.05, 3.63) is 29.0 Å². The number of nitrogens with zero attached hydrogens (tertiary/aromatic N) is 1. The number of hydrogen-bond acceptors (Lipinski definition) is 3. The molecule has 1 N–H and O–H groups in total. The van der Waals surface area contributed by atoms with E-state index in [1.807, 2.05) is 28.8 Å². The van der Waals surface area contributed by atoms with E-state index in [0.29, 0.717) is 11.3 Å². The van der Waals surface area contributed by atoms with Crippen molar-refractivity contribution >= 4 is 33.1 Å². The van der Waals surface area contributed by atoms with Crippen molar-refractivity contribution in [2.45, 2.75) is 6.54 Å². The average molecular weight is 256 g/mol. The summed E-state index contributed by atoms with van der Waals surface area (Å²) in [6.45, 7) is 0.391. The molecule has 6 heteroatoms. The number of aromatic nitrogens is 2. The lowest BCUT2D eigenvalue weighted by Crippen LogP contribution is -2.11. The molecule has 4 nitrogen and oxygen atoms in total. The summed E-state index contributed by atoms with van der Waals surface area (Å²) in [5, 5.41) is 0. The van der Waals surface area contributed by atoms with Crippen molar-refractivity contribution in [2.75, 3.05) is 12.0 Å². The topological polar surface area (TPSA) is 54.9 Å². The van der Waals surface area contributed by atoms with Gasteiger partial charge in [-0.1, -0.05) is 12.1 Å². The van der Waals surface area contributed by atoms with Crippen molar-refractivity contribution in [1.29, 1.82) is 0 Å². The molecule has 1 heterocycles. The third-order valence-corrected chi connectivity index (χ3v) is 3.61. The first-order valence-electron chi connectivity index (χ1n) is 4.83. The maximum absolute atomic E-state index is 11.1. The predicted octanol–water partition coefficient (Wildman–Crippen LogP) is 1.74. The summed E-state index contributed by atoms with van der Waals surface area (Å²) in [5.74, 6) is 0.100. The Labute approximate surface area is 98.8 Å². The van der Waals surface area contributed by atoms with Gasteiger partial charge in [-0.05, 0) is 24.4 Å². The van der Waals surface area contributed by atoms with Gasteiger partial charge in [0.15, 0.2) is 4.77 Å². The van der Waals surface area contributed by atoms with Crippen LogP contribution in [0.4, 0.5) is 0 Å². The Hall–Kier alpha value is -1.14. The van der Waals surface area contributed by atoms with Crippen LogP contribution in [0.2, 0.25) is 0 Å². The van der Waals surface area contributed by atoms with Crippen LogP contribution in [-0.4, -0.2) is 30.0 Å². The van der Waals surface area contributed by atoms with Gasteiger partial charge < -0.3 is 9.55 Å². The molecular weight excluding hydrogens is 244 g/mol. The number of fused-ring (bicyclic) bond motifs is 1. The standard InChI is InChI=1S/C10H12N2O2S2/c1-16(13,14)7-6-12-9-5-3-2-4-8(9)11-10(12)15/h2-5H,6-7H2,1H3,(H,11,15). The second-order valence-corrected chi connectivity index (χ2v) is 6.38. The number of H-pyrrole nitrogens is 1. The molecule has 0 saturated carbocycles. The Morgan fingerprint density at radius 1 is 1.38 bits per heavy atom. The Morgan fingerprint density at radius 3 is 2.75 bits per heavy atom. The Morgan fingerprint density at radius 2 is 2.06 bits per heavy atom. The van der Waals surface area contributed by atoms with E-state index in [1.54, 1.807) is 0 Å². The molecule has 0 spiro atoms. The van der Waals surface area contributed by atoms with Gasteiger partial charge in [-0.3, -0.25) is 0 Å². The maximum atomic E-state index is 11.1. The lowest BCUT2D eigenvalue weighted by Gasteiger charge is -2.02. The monoisotopic (exact) mass is 256 g/mol. The molecule has 1 aromatic heterocycles. The zero-order chi connectivity index (χ0) is 11.8. The molecule has 0 unspecified atom stereocenters. The van der Waals surface area contributed by atoms with Gasteiger partial charge in [0.05, 0.1) is 16.8 Å². The molecule has 0 atom stereocenters. The molecule has 16 heavy (non-hydrogen) atoms. The largest absolute Gasteiger partial charge is 0.331 e. The molecule has 2 rings (SSSR count). The number of sulfone groups is 1. The van der Waals surface area contributed by atoms with E-state index in [1.165, 1.54) is 6.26 Å². The predicted molar refractivity (Wildman–Crippen MR) is 66.8 cm³/mol. The van der Waals surface area contributed by atoms with E-state index in [-0.39, 0.29) is 5.75 Å². The molecule has 0 saturated heterocycles. The van der Waals surface area contributed by atoms with Crippen LogP contribution in [0.5, 0.6) is 0 Å². The number of imidazole rings is 1. The number of benzene rings is 1. The zero-order valence-corrected chi connectivity index (χ0v) is 10.4. The van der Waals surface area contributed by atoms with Gasteiger partial charge in [-0.2, -0.15) is 0 Å². The number of rotatable bonds is 3. The first kappa shape index (κ1) is 11.3. The zero-order valence-electron chi connectivity index (χ0n) is 8.80. The lowest BCUT2D eigenvalue weighted by molar-refractivity contribution is 0.595. The minimum atomic E-state index is -2.97. The minimum Gasteiger partial charge on any atom is -0.331 e. The highest BCUT2D eigenvalue weighted by Crippen LogP contribution is 2.13. The fourth-order valence-electron chi connectivity index (χ4n) is 1.59. The van der Waals surface area contributed by atoms with Crippen LogP contribution >= 0.6 is 12.2 Å². The van der Waals surface area contributed by atoms with Crippen molar-refractivity contribution in [2.24, 2.45) is 0 Å². The molecule has 0 radical (unpaired) electrons. The van der Waals surface area contributed by atoms with Gasteiger partial charge in [0.1, 0.15) is 9.84 Å². The van der Waals surface area contributed by atoms with Crippen LogP contribution in [0.15, 0.2) is 24.3 Å². The van der Waals surface area contributed by atoms with Crippen LogP contribution in [0.1, 0.15) is 0 Å². The number of para-hydroxylation sites is 2. The van der Waals surface area contributed by atoms with Crippen molar-refractivity contribution in [3.63, 3.8) is 0 Å². The summed E-state index contributed by atoms with van der Waals surface area (Å²) < 4.78 is 24.6. The summed E-state index contributed by atoms with van der Waals surface area (Å²) in [5.41, 5.74) is 1.87. The van der Waals surface area contributed by atoms with Crippen LogP contribution in [0.25, 0.3) is 11.0 Å². The van der Waals surface area contributed by atoms with Gasteiger partial charge in [0.2, 0.25) is 0 Å². The van der Waals surface area contributed by atoms with Gasteiger partial charge in [-0.15, -0.1) is 0 Å². The Kier molecular flexibility index (Phi) is 2.86. The third-order valence-electron chi connectivity index (χ3n) is 2.37. The number of aromatic amines is 1. The van der Waals surface area contributed by atoms with Crippen molar-refractivity contribution < 1.29 is 8.42 Å². The van der Waals surface area contributed by atoms with Crippen LogP contribution in [-0.2, 0) is 16.4 Å². The quantitative estimate of drug-likeness (QED) is 0.851. The molecule has 0 aliphatic heterocycles. The summed E-state index contributed by atoms with van der Waals surface area (Å²) >= 11 is 5.15. The Balaban J connectivity index is 2.44. The molecule has 0 bridgehead atoms. The SMILES string of the molecule is CS(=O)(=O)CCn1c(=S)[nH]c2ccccc21. The van der Waals surface area contributed by atoms with E-state index in [0.717, 1.165) is 11.0 Å². The number of aryl methyl sites for hydroxylation is 1. The summed E-state index contributed by atoms with van der Waals surface area (Å²) in [6.07, 6.45) is 1.23. The highest BCUT2D eigenvalue weighted by atomic mass is 32.2. The summed E-state index contributed by atoms with van der Waals surface area (Å²) in [7, 11) is -2.97. The molecule has 0 aliphatic carbocycles. The first-order chi connectivity index (χ1) is 7.47. The van der Waals surface area contributed by atoms with Crippen molar-refractivity contribution in [1.82, 2.24) is 9.55 Å². The molecule has 86 valence electrons. The highest BCUT2D eigenvalue weighted by molar-refractivity contribution is 7.90. The second-order valence-electron chi connectivity index (χ2n) is 3.73. The maximum Gasteiger partial charge on any atom is 0.178 e. The average Bonchev–Trinajstić information content (AvgIpc) is 2.49. The molecule has 0 fully saturated rings. The van der Waals surface area contributed by atoms with Crippen LogP contribution < -0.4 is 0 Å². The lowest BCUT2D eigenvalue weighted by atomic mass is 10.3. The third kappa shape index (κ3) is 2.33. The van der Waals surface area contributed by atoms with Crippen molar-refractivity contribution in [3.8, 4) is 0 Å². The van der Waals surface area contributed by atoms with E-state index in [2.05, 4.69) is 4.98 Å².